The van der Waals surface area contributed by atoms with E-state index in [0.717, 1.165) is 43.1 Å². The van der Waals surface area contributed by atoms with E-state index in [1.807, 2.05) is 24.3 Å². The Morgan fingerprint density at radius 2 is 1.91 bits per heavy atom. The quantitative estimate of drug-likeness (QED) is 0.585. The molecule has 1 amide bonds. The molecule has 0 saturated carbocycles. The maximum Gasteiger partial charge on any atom is 0.405 e. The lowest BCUT2D eigenvalue weighted by Crippen LogP contribution is -2.37. The molecule has 182 valence electrons. The van der Waals surface area contributed by atoms with E-state index in [4.69, 9.17) is 0 Å². The first-order valence-corrected chi connectivity index (χ1v) is 11.8. The van der Waals surface area contributed by atoms with E-state index in [2.05, 4.69) is 10.2 Å². The maximum absolute atomic E-state index is 12.7. The number of nitrogens with one attached hydrogen (secondary N) is 2. The van der Waals surface area contributed by atoms with Gasteiger partial charge in [-0.25, -0.2) is 0 Å². The largest absolute Gasteiger partial charge is 0.405 e. The van der Waals surface area contributed by atoms with Gasteiger partial charge in [-0.15, -0.1) is 11.3 Å². The SMILES string of the molecule is CCn1c(=O)c(=CNc2ccc(CCN3CCCC3)cc2)s/c1=C(/C#N)C(=O)NCC(F)(F)F. The van der Waals surface area contributed by atoms with Crippen LogP contribution in [0, 0.1) is 11.3 Å². The molecule has 1 saturated heterocycles. The van der Waals surface area contributed by atoms with E-state index < -0.39 is 29.8 Å². The van der Waals surface area contributed by atoms with Crippen molar-refractivity contribution < 1.29 is 18.0 Å². The van der Waals surface area contributed by atoms with Crippen LogP contribution in [0.5, 0.6) is 0 Å². The van der Waals surface area contributed by atoms with Crippen molar-refractivity contribution in [3.63, 3.8) is 0 Å². The number of benzene rings is 1. The van der Waals surface area contributed by atoms with Crippen molar-refractivity contribution in [1.82, 2.24) is 14.8 Å². The summed E-state index contributed by atoms with van der Waals surface area (Å²) in [7, 11) is 0. The molecule has 2 aromatic rings. The number of hydrogen-bond donors (Lipinski definition) is 2. The minimum atomic E-state index is -4.61. The molecule has 0 radical (unpaired) electrons. The van der Waals surface area contributed by atoms with Crippen LogP contribution >= 0.6 is 11.3 Å². The number of nitrogens with zero attached hydrogens (tertiary/aromatic N) is 3. The molecule has 1 aromatic heterocycles. The van der Waals surface area contributed by atoms with Gasteiger partial charge in [0.15, 0.2) is 5.57 Å². The second kappa shape index (κ2) is 11.4. The van der Waals surface area contributed by atoms with Crippen LogP contribution in [-0.4, -0.2) is 47.7 Å². The topological polar surface area (TPSA) is 90.2 Å². The highest BCUT2D eigenvalue weighted by molar-refractivity contribution is 7.07. The van der Waals surface area contributed by atoms with Gasteiger partial charge < -0.3 is 15.5 Å². The summed E-state index contributed by atoms with van der Waals surface area (Å²) in [6.07, 6.45) is 0.347. The van der Waals surface area contributed by atoms with Crippen LogP contribution in [0.2, 0.25) is 0 Å². The number of thiazole rings is 1. The number of halogens is 3. The summed E-state index contributed by atoms with van der Waals surface area (Å²) >= 11 is 0.875. The fraction of sp³-hybridized carbons (Fsp3) is 0.435. The van der Waals surface area contributed by atoms with Crippen LogP contribution in [0.4, 0.5) is 18.9 Å². The van der Waals surface area contributed by atoms with E-state index in [0.29, 0.717) is 0 Å². The lowest BCUT2D eigenvalue weighted by Gasteiger charge is -2.14. The summed E-state index contributed by atoms with van der Waals surface area (Å²) in [6, 6.07) is 9.47. The van der Waals surface area contributed by atoms with E-state index in [9.17, 15) is 28.0 Å². The molecule has 1 aliphatic rings. The number of carbonyl (C=O) groups is 1. The molecular weight excluding hydrogens is 467 g/mol. The van der Waals surface area contributed by atoms with Gasteiger partial charge in [0.2, 0.25) is 0 Å². The zero-order chi connectivity index (χ0) is 24.7. The Morgan fingerprint density at radius 3 is 2.50 bits per heavy atom. The number of anilines is 1. The number of amides is 1. The molecule has 2 heterocycles. The Kier molecular flexibility index (Phi) is 8.52. The number of alkyl halides is 3. The third kappa shape index (κ3) is 6.71. The van der Waals surface area contributed by atoms with Gasteiger partial charge in [-0.2, -0.15) is 18.4 Å². The summed E-state index contributed by atoms with van der Waals surface area (Å²) in [5, 5.41) is 14.1. The third-order valence-corrected chi connectivity index (χ3v) is 6.60. The van der Waals surface area contributed by atoms with Gasteiger partial charge in [0, 0.05) is 25.0 Å². The number of rotatable bonds is 8. The number of likely N-dealkylation sites (tertiary alicyclic amines) is 1. The summed E-state index contributed by atoms with van der Waals surface area (Å²) in [5.41, 5.74) is 1.00. The van der Waals surface area contributed by atoms with Gasteiger partial charge >= 0.3 is 6.18 Å². The van der Waals surface area contributed by atoms with Crippen molar-refractivity contribution in [2.45, 2.75) is 38.9 Å². The molecule has 0 aliphatic carbocycles. The van der Waals surface area contributed by atoms with E-state index >= 15 is 0 Å². The van der Waals surface area contributed by atoms with Crippen LogP contribution in [-0.2, 0) is 17.8 Å². The van der Waals surface area contributed by atoms with Crippen LogP contribution in [0.3, 0.4) is 0 Å². The predicted octanol–water partition coefficient (Wildman–Crippen LogP) is 1.77. The fourth-order valence-electron chi connectivity index (χ4n) is 3.67. The smallest absolute Gasteiger partial charge is 0.360 e. The fourth-order valence-corrected chi connectivity index (χ4v) is 4.75. The van der Waals surface area contributed by atoms with Crippen molar-refractivity contribution >= 4 is 34.7 Å². The average molecular weight is 494 g/mol. The molecule has 0 spiro atoms. The van der Waals surface area contributed by atoms with Crippen LogP contribution in [0.15, 0.2) is 29.1 Å². The van der Waals surface area contributed by atoms with Crippen molar-refractivity contribution in [3.8, 4) is 6.07 Å². The first kappa shape index (κ1) is 25.5. The molecule has 0 unspecified atom stereocenters. The molecule has 3 rings (SSSR count). The molecule has 1 aliphatic heterocycles. The first-order chi connectivity index (χ1) is 16.2. The number of carbonyl (C=O) groups excluding carboxylic acids is 1. The molecule has 2 N–H and O–H groups in total. The van der Waals surface area contributed by atoms with Crippen LogP contribution < -0.4 is 25.4 Å². The van der Waals surface area contributed by atoms with Gasteiger partial charge in [0.05, 0.1) is 0 Å². The Bertz CT molecular complexity index is 1220. The number of aromatic nitrogens is 1. The van der Waals surface area contributed by atoms with Crippen molar-refractivity contribution in [3.05, 3.63) is 49.4 Å². The zero-order valence-corrected chi connectivity index (χ0v) is 19.6. The number of nitriles is 1. The van der Waals surface area contributed by atoms with Crippen molar-refractivity contribution in [1.29, 1.82) is 5.26 Å². The minimum Gasteiger partial charge on any atom is -0.360 e. The minimum absolute atomic E-state index is 0.0139. The van der Waals surface area contributed by atoms with Crippen molar-refractivity contribution in [2.24, 2.45) is 0 Å². The Morgan fingerprint density at radius 1 is 1.24 bits per heavy atom. The monoisotopic (exact) mass is 493 g/mol. The molecule has 7 nitrogen and oxygen atoms in total. The predicted molar refractivity (Wildman–Crippen MR) is 125 cm³/mol. The second-order valence-corrected chi connectivity index (χ2v) is 8.92. The molecule has 34 heavy (non-hydrogen) atoms. The molecule has 11 heteroatoms. The average Bonchev–Trinajstić information content (AvgIpc) is 3.43. The van der Waals surface area contributed by atoms with Gasteiger partial charge in [-0.3, -0.25) is 14.2 Å². The normalized spacial score (nSPS) is 15.8. The van der Waals surface area contributed by atoms with Crippen molar-refractivity contribution in [2.75, 3.05) is 31.5 Å². The van der Waals surface area contributed by atoms with E-state index in [1.165, 1.54) is 29.2 Å². The summed E-state index contributed by atoms with van der Waals surface area (Å²) in [6.45, 7) is 3.58. The first-order valence-electron chi connectivity index (χ1n) is 11.0. The summed E-state index contributed by atoms with van der Waals surface area (Å²) in [5.74, 6) is -1.17. The second-order valence-electron chi connectivity index (χ2n) is 7.89. The zero-order valence-electron chi connectivity index (χ0n) is 18.7. The van der Waals surface area contributed by atoms with Gasteiger partial charge in [0.25, 0.3) is 11.5 Å². The standard InChI is InChI=1S/C23H26F3N5O2S/c1-2-31-21(33)19(34-22(31)18(13-27)20(32)29-15-23(24,25)26)14-28-17-7-5-16(6-8-17)9-12-30-10-3-4-11-30/h5-8,14,28H,2-4,9-12,15H2,1H3,(H,29,32)/b19-14?,22-18-. The highest BCUT2D eigenvalue weighted by Gasteiger charge is 2.28. The summed E-state index contributed by atoms with van der Waals surface area (Å²) < 4.78 is 38.7. The molecule has 0 atom stereocenters. The summed E-state index contributed by atoms with van der Waals surface area (Å²) in [4.78, 5) is 27.3. The Hall–Kier alpha value is -3.10. The lowest BCUT2D eigenvalue weighted by atomic mass is 10.1. The molecular formula is C23H26F3N5O2S. The molecule has 1 aromatic carbocycles. The lowest BCUT2D eigenvalue weighted by molar-refractivity contribution is -0.135. The maximum atomic E-state index is 12.7. The highest BCUT2D eigenvalue weighted by atomic mass is 32.1. The van der Waals surface area contributed by atoms with Gasteiger partial charge in [0.1, 0.15) is 21.8 Å². The highest BCUT2D eigenvalue weighted by Crippen LogP contribution is 2.13. The van der Waals surface area contributed by atoms with E-state index in [-0.39, 0.29) is 15.7 Å². The third-order valence-electron chi connectivity index (χ3n) is 5.47. The van der Waals surface area contributed by atoms with Gasteiger partial charge in [-0.05, 0) is 57.0 Å². The van der Waals surface area contributed by atoms with Crippen LogP contribution in [0.1, 0.15) is 25.3 Å². The Balaban J connectivity index is 1.79. The number of hydrogen-bond acceptors (Lipinski definition) is 6. The van der Waals surface area contributed by atoms with E-state index in [1.54, 1.807) is 18.3 Å². The molecule has 0 bridgehead atoms. The van der Waals surface area contributed by atoms with Crippen LogP contribution in [0.25, 0.3) is 11.8 Å². The molecule has 1 fully saturated rings. The van der Waals surface area contributed by atoms with Gasteiger partial charge in [-0.1, -0.05) is 12.1 Å². The Labute approximate surface area is 198 Å².